The fourth-order valence-corrected chi connectivity index (χ4v) is 2.94. The minimum Gasteiger partial charge on any atom is -0.492 e. The Balaban J connectivity index is 1.51. The molecule has 7 heteroatoms. The molecule has 0 heterocycles. The first-order chi connectivity index (χ1) is 15.0. The molecule has 3 aromatic rings. The third kappa shape index (κ3) is 6.65. The molecule has 0 spiro atoms. The molecule has 3 aromatic carbocycles. The maximum atomic E-state index is 12.6. The molecule has 6 nitrogen and oxygen atoms in total. The fraction of sp³-hybridized carbons (Fsp3) is 0.125. The minimum atomic E-state index is -0.433. The first-order valence-corrected chi connectivity index (χ1v) is 10.2. The van der Waals surface area contributed by atoms with Gasteiger partial charge in [-0.3, -0.25) is 25.8 Å². The van der Waals surface area contributed by atoms with Gasteiger partial charge in [-0.2, -0.15) is 0 Å². The zero-order chi connectivity index (χ0) is 22.1. The number of amides is 2. The highest BCUT2D eigenvalue weighted by molar-refractivity contribution is 7.80. The van der Waals surface area contributed by atoms with Crippen molar-refractivity contribution in [2.24, 2.45) is 0 Å². The van der Waals surface area contributed by atoms with Crippen molar-refractivity contribution in [2.75, 3.05) is 6.61 Å². The van der Waals surface area contributed by atoms with Crippen molar-refractivity contribution in [3.8, 4) is 5.75 Å². The van der Waals surface area contributed by atoms with Crippen molar-refractivity contribution >= 4 is 29.1 Å². The standard InChI is InChI=1S/C24H23N3O3S/c1-17-11-13-19(14-12-17)22(28)26-27-24(31)25-23(29)20-9-5-6-10-21(20)30-16-15-18-7-3-2-4-8-18/h2-14H,15-16H2,1H3,(H,26,28)(H2,25,27,29,31). The molecule has 0 unspecified atom stereocenters. The monoisotopic (exact) mass is 433 g/mol. The number of carbonyl (C=O) groups excluding carboxylic acids is 2. The molecule has 0 aliphatic heterocycles. The Morgan fingerprint density at radius 1 is 0.839 bits per heavy atom. The zero-order valence-electron chi connectivity index (χ0n) is 17.1. The first kappa shape index (κ1) is 22.0. The van der Waals surface area contributed by atoms with Crippen molar-refractivity contribution in [2.45, 2.75) is 13.3 Å². The van der Waals surface area contributed by atoms with Crippen LogP contribution in [0.1, 0.15) is 31.8 Å². The van der Waals surface area contributed by atoms with Crippen LogP contribution in [0.2, 0.25) is 0 Å². The first-order valence-electron chi connectivity index (χ1n) is 9.77. The van der Waals surface area contributed by atoms with Gasteiger partial charge in [-0.1, -0.05) is 60.2 Å². The third-order valence-electron chi connectivity index (χ3n) is 4.45. The highest BCUT2D eigenvalue weighted by atomic mass is 32.1. The predicted molar refractivity (Wildman–Crippen MR) is 124 cm³/mol. The van der Waals surface area contributed by atoms with E-state index >= 15 is 0 Å². The van der Waals surface area contributed by atoms with Crippen molar-refractivity contribution in [3.63, 3.8) is 0 Å². The maximum absolute atomic E-state index is 12.6. The van der Waals surface area contributed by atoms with Crippen LogP contribution in [0.15, 0.2) is 78.9 Å². The Kier molecular flexibility index (Phi) is 7.73. The lowest BCUT2D eigenvalue weighted by Gasteiger charge is -2.13. The van der Waals surface area contributed by atoms with Gasteiger partial charge in [0.25, 0.3) is 11.8 Å². The van der Waals surface area contributed by atoms with Gasteiger partial charge in [-0.25, -0.2) is 0 Å². The normalized spacial score (nSPS) is 10.1. The Bertz CT molecular complexity index is 1050. The molecule has 3 N–H and O–H groups in total. The van der Waals surface area contributed by atoms with Crippen LogP contribution in [0.4, 0.5) is 0 Å². The summed E-state index contributed by atoms with van der Waals surface area (Å²) in [5, 5.41) is 2.52. The van der Waals surface area contributed by atoms with Gasteiger partial charge in [0.1, 0.15) is 5.75 Å². The van der Waals surface area contributed by atoms with E-state index in [1.165, 1.54) is 0 Å². The molecule has 2 amide bonds. The van der Waals surface area contributed by atoms with E-state index in [0.29, 0.717) is 23.5 Å². The second kappa shape index (κ2) is 10.9. The van der Waals surface area contributed by atoms with Crippen molar-refractivity contribution in [1.82, 2.24) is 16.2 Å². The lowest BCUT2D eigenvalue weighted by atomic mass is 10.1. The Morgan fingerprint density at radius 2 is 1.52 bits per heavy atom. The predicted octanol–water partition coefficient (Wildman–Crippen LogP) is 3.57. The summed E-state index contributed by atoms with van der Waals surface area (Å²) in [6.07, 6.45) is 0.724. The lowest BCUT2D eigenvalue weighted by molar-refractivity contribution is 0.0933. The fourth-order valence-electron chi connectivity index (χ4n) is 2.80. The van der Waals surface area contributed by atoms with Gasteiger partial charge >= 0.3 is 0 Å². The average Bonchev–Trinajstić information content (AvgIpc) is 2.79. The van der Waals surface area contributed by atoms with E-state index in [9.17, 15) is 9.59 Å². The molecular formula is C24H23N3O3S. The van der Waals surface area contributed by atoms with Crippen LogP contribution in [0, 0.1) is 6.92 Å². The van der Waals surface area contributed by atoms with Gasteiger partial charge in [-0.15, -0.1) is 0 Å². The molecule has 31 heavy (non-hydrogen) atoms. The van der Waals surface area contributed by atoms with Crippen molar-refractivity contribution in [3.05, 3.63) is 101 Å². The topological polar surface area (TPSA) is 79.5 Å². The number of ether oxygens (including phenoxy) is 1. The summed E-state index contributed by atoms with van der Waals surface area (Å²) >= 11 is 5.12. The summed E-state index contributed by atoms with van der Waals surface area (Å²) in [7, 11) is 0. The smallest absolute Gasteiger partial charge is 0.269 e. The molecular weight excluding hydrogens is 410 g/mol. The number of hydrogen-bond donors (Lipinski definition) is 3. The number of carbonyl (C=O) groups is 2. The van der Waals surface area contributed by atoms with Crippen LogP contribution in [0.3, 0.4) is 0 Å². The van der Waals surface area contributed by atoms with E-state index in [0.717, 1.165) is 17.5 Å². The van der Waals surface area contributed by atoms with Gasteiger partial charge in [0, 0.05) is 12.0 Å². The number of benzene rings is 3. The van der Waals surface area contributed by atoms with Gasteiger partial charge < -0.3 is 4.74 Å². The van der Waals surface area contributed by atoms with Gasteiger partial charge in [0.15, 0.2) is 5.11 Å². The van der Waals surface area contributed by atoms with E-state index in [1.807, 2.05) is 49.4 Å². The summed E-state index contributed by atoms with van der Waals surface area (Å²) in [4.78, 5) is 24.8. The van der Waals surface area contributed by atoms with Crippen molar-refractivity contribution < 1.29 is 14.3 Å². The van der Waals surface area contributed by atoms with E-state index in [2.05, 4.69) is 16.2 Å². The number of hydrogen-bond acceptors (Lipinski definition) is 4. The second-order valence-corrected chi connectivity index (χ2v) is 7.22. The Labute approximate surface area is 186 Å². The highest BCUT2D eigenvalue weighted by Crippen LogP contribution is 2.18. The molecule has 0 fully saturated rings. The van der Waals surface area contributed by atoms with Crippen LogP contribution >= 0.6 is 12.2 Å². The minimum absolute atomic E-state index is 0.0236. The molecule has 0 bridgehead atoms. The zero-order valence-corrected chi connectivity index (χ0v) is 17.9. The highest BCUT2D eigenvalue weighted by Gasteiger charge is 2.14. The Morgan fingerprint density at radius 3 is 2.26 bits per heavy atom. The van der Waals surface area contributed by atoms with Crippen LogP contribution in [0.5, 0.6) is 5.75 Å². The van der Waals surface area contributed by atoms with Crippen LogP contribution < -0.4 is 20.9 Å². The maximum Gasteiger partial charge on any atom is 0.269 e. The SMILES string of the molecule is Cc1ccc(C(=O)NNC(=S)NC(=O)c2ccccc2OCCc2ccccc2)cc1. The summed E-state index contributed by atoms with van der Waals surface area (Å²) in [5.41, 5.74) is 8.04. The molecule has 3 rings (SSSR count). The largest absolute Gasteiger partial charge is 0.492 e. The van der Waals surface area contributed by atoms with Gasteiger partial charge in [0.2, 0.25) is 0 Å². The number of aryl methyl sites for hydroxylation is 1. The third-order valence-corrected chi connectivity index (χ3v) is 4.66. The second-order valence-electron chi connectivity index (χ2n) is 6.81. The number of para-hydroxylation sites is 1. The number of hydrazine groups is 1. The van der Waals surface area contributed by atoms with E-state index in [1.54, 1.807) is 36.4 Å². The molecule has 158 valence electrons. The summed E-state index contributed by atoms with van der Waals surface area (Å²) in [5.74, 6) is -0.332. The summed E-state index contributed by atoms with van der Waals surface area (Å²) in [6, 6.07) is 24.0. The molecule has 0 aliphatic carbocycles. The van der Waals surface area contributed by atoms with E-state index in [-0.39, 0.29) is 11.0 Å². The summed E-state index contributed by atoms with van der Waals surface area (Å²) in [6.45, 7) is 2.37. The quantitative estimate of drug-likeness (QED) is 0.409. The van der Waals surface area contributed by atoms with E-state index in [4.69, 9.17) is 17.0 Å². The number of nitrogens with one attached hydrogen (secondary N) is 3. The molecule has 0 atom stereocenters. The van der Waals surface area contributed by atoms with Gasteiger partial charge in [-0.05, 0) is 49.0 Å². The molecule has 0 radical (unpaired) electrons. The van der Waals surface area contributed by atoms with Gasteiger partial charge in [0.05, 0.1) is 12.2 Å². The summed E-state index contributed by atoms with van der Waals surface area (Å²) < 4.78 is 5.82. The number of thiocarbonyl (C=S) groups is 1. The van der Waals surface area contributed by atoms with Crippen LogP contribution in [0.25, 0.3) is 0 Å². The molecule has 0 saturated heterocycles. The molecule has 0 aromatic heterocycles. The van der Waals surface area contributed by atoms with Crippen molar-refractivity contribution in [1.29, 1.82) is 0 Å². The molecule has 0 aliphatic rings. The van der Waals surface area contributed by atoms with Crippen LogP contribution in [-0.2, 0) is 6.42 Å². The van der Waals surface area contributed by atoms with E-state index < -0.39 is 5.91 Å². The molecule has 0 saturated carbocycles. The number of rotatable bonds is 6. The van der Waals surface area contributed by atoms with Crippen LogP contribution in [-0.4, -0.2) is 23.5 Å². The lowest BCUT2D eigenvalue weighted by Crippen LogP contribution is -2.48. The Hall–Kier alpha value is -3.71. The average molecular weight is 434 g/mol.